The summed E-state index contributed by atoms with van der Waals surface area (Å²) in [5.74, 6) is 0. The van der Waals surface area contributed by atoms with Crippen molar-refractivity contribution in [1.29, 1.82) is 0 Å². The van der Waals surface area contributed by atoms with E-state index in [9.17, 15) is 0 Å². The number of H-pyrrole nitrogens is 1. The maximum Gasteiger partial charge on any atom is 0.0932 e. The summed E-state index contributed by atoms with van der Waals surface area (Å²) >= 11 is 0. The summed E-state index contributed by atoms with van der Waals surface area (Å²) in [6.45, 7) is 4.56. The predicted octanol–water partition coefficient (Wildman–Crippen LogP) is 2.56. The van der Waals surface area contributed by atoms with Crippen LogP contribution in [0.25, 0.3) is 11.0 Å². The second-order valence-corrected chi connectivity index (χ2v) is 5.31. The van der Waals surface area contributed by atoms with Gasteiger partial charge in [0.25, 0.3) is 0 Å². The Balaban J connectivity index is 1.99. The highest BCUT2D eigenvalue weighted by Crippen LogP contribution is 2.40. The molecule has 3 heteroatoms. The van der Waals surface area contributed by atoms with Crippen LogP contribution in [0.5, 0.6) is 0 Å². The van der Waals surface area contributed by atoms with E-state index in [1.165, 1.54) is 48.2 Å². The molecule has 0 amide bonds. The van der Waals surface area contributed by atoms with E-state index >= 15 is 0 Å². The summed E-state index contributed by atoms with van der Waals surface area (Å²) in [5, 5.41) is 0. The third-order valence-corrected chi connectivity index (χ3v) is 4.25. The van der Waals surface area contributed by atoms with Crippen LogP contribution in [0.3, 0.4) is 0 Å². The van der Waals surface area contributed by atoms with E-state index < -0.39 is 0 Å². The molecular formula is C14H17N3. The van der Waals surface area contributed by atoms with E-state index in [0.717, 1.165) is 12.1 Å². The molecule has 2 aromatic heterocycles. The van der Waals surface area contributed by atoms with Gasteiger partial charge in [-0.25, -0.2) is 0 Å². The highest BCUT2D eigenvalue weighted by Gasteiger charge is 2.34. The van der Waals surface area contributed by atoms with Gasteiger partial charge in [-0.1, -0.05) is 0 Å². The van der Waals surface area contributed by atoms with Gasteiger partial charge in [-0.05, 0) is 38.4 Å². The van der Waals surface area contributed by atoms with Gasteiger partial charge in [0, 0.05) is 36.0 Å². The largest absolute Gasteiger partial charge is 0.357 e. The number of aromatic amines is 1. The van der Waals surface area contributed by atoms with Gasteiger partial charge in [-0.2, -0.15) is 0 Å². The summed E-state index contributed by atoms with van der Waals surface area (Å²) in [5.41, 5.74) is 6.48. The van der Waals surface area contributed by atoms with Gasteiger partial charge in [-0.3, -0.25) is 9.88 Å². The summed E-state index contributed by atoms with van der Waals surface area (Å²) < 4.78 is 0. The molecule has 1 fully saturated rings. The molecule has 4 heterocycles. The van der Waals surface area contributed by atoms with Gasteiger partial charge in [0.1, 0.15) is 0 Å². The van der Waals surface area contributed by atoms with Gasteiger partial charge >= 0.3 is 0 Å². The first-order chi connectivity index (χ1) is 8.33. The minimum Gasteiger partial charge on any atom is -0.357 e. The number of aryl methyl sites for hydroxylation is 1. The molecule has 88 valence electrons. The predicted molar refractivity (Wildman–Crippen MR) is 68.1 cm³/mol. The fourth-order valence-electron chi connectivity index (χ4n) is 3.47. The van der Waals surface area contributed by atoms with E-state index in [4.69, 9.17) is 4.98 Å². The molecule has 3 nitrogen and oxygen atoms in total. The summed E-state index contributed by atoms with van der Waals surface area (Å²) in [6.07, 6.45) is 3.79. The molecule has 2 aliphatic heterocycles. The van der Waals surface area contributed by atoms with Crippen molar-refractivity contribution < 1.29 is 0 Å². The monoisotopic (exact) mass is 227 g/mol. The van der Waals surface area contributed by atoms with Crippen LogP contribution in [0.15, 0.2) is 12.1 Å². The van der Waals surface area contributed by atoms with Crippen LogP contribution >= 0.6 is 0 Å². The van der Waals surface area contributed by atoms with Gasteiger partial charge in [0.2, 0.25) is 0 Å². The van der Waals surface area contributed by atoms with Crippen molar-refractivity contribution in [1.82, 2.24) is 14.9 Å². The summed E-state index contributed by atoms with van der Waals surface area (Å²) in [4.78, 5) is 10.9. The average molecular weight is 227 g/mol. The summed E-state index contributed by atoms with van der Waals surface area (Å²) in [7, 11) is 0. The Morgan fingerprint density at radius 2 is 2.29 bits per heavy atom. The van der Waals surface area contributed by atoms with Crippen molar-refractivity contribution in [3.63, 3.8) is 0 Å². The Morgan fingerprint density at radius 3 is 3.24 bits per heavy atom. The molecule has 0 spiro atoms. The Kier molecular flexibility index (Phi) is 1.89. The molecule has 0 saturated carbocycles. The maximum absolute atomic E-state index is 4.75. The molecule has 1 unspecified atom stereocenters. The Morgan fingerprint density at radius 1 is 1.35 bits per heavy atom. The lowest BCUT2D eigenvalue weighted by Crippen LogP contribution is -2.30. The van der Waals surface area contributed by atoms with E-state index in [1.807, 2.05) is 0 Å². The SMILES string of the molecule is Cc1ccc2[nH]c3c(c2n1)C1CCCN1CC3. The van der Waals surface area contributed by atoms with E-state index in [-0.39, 0.29) is 0 Å². The van der Waals surface area contributed by atoms with Crippen LogP contribution in [0.4, 0.5) is 0 Å². The molecule has 1 saturated heterocycles. The number of rotatable bonds is 0. The number of nitrogens with zero attached hydrogens (tertiary/aromatic N) is 2. The molecule has 0 aromatic carbocycles. The maximum atomic E-state index is 4.75. The van der Waals surface area contributed by atoms with E-state index in [0.29, 0.717) is 6.04 Å². The lowest BCUT2D eigenvalue weighted by molar-refractivity contribution is 0.244. The first-order valence-electron chi connectivity index (χ1n) is 6.55. The van der Waals surface area contributed by atoms with Crippen molar-refractivity contribution >= 4 is 11.0 Å². The highest BCUT2D eigenvalue weighted by molar-refractivity contribution is 5.81. The first-order valence-corrected chi connectivity index (χ1v) is 6.55. The zero-order chi connectivity index (χ0) is 11.4. The van der Waals surface area contributed by atoms with Crippen molar-refractivity contribution in [3.8, 4) is 0 Å². The molecule has 4 rings (SSSR count). The Hall–Kier alpha value is -1.35. The molecule has 2 aromatic rings. The highest BCUT2D eigenvalue weighted by atomic mass is 15.2. The molecule has 0 bridgehead atoms. The third-order valence-electron chi connectivity index (χ3n) is 4.25. The van der Waals surface area contributed by atoms with Gasteiger partial charge in [0.15, 0.2) is 0 Å². The summed E-state index contributed by atoms with van der Waals surface area (Å²) in [6, 6.07) is 4.90. The van der Waals surface area contributed by atoms with Crippen molar-refractivity contribution in [2.75, 3.05) is 13.1 Å². The minimum atomic E-state index is 0.627. The smallest absolute Gasteiger partial charge is 0.0932 e. The van der Waals surface area contributed by atoms with E-state index in [1.54, 1.807) is 0 Å². The quantitative estimate of drug-likeness (QED) is 0.750. The van der Waals surface area contributed by atoms with Gasteiger partial charge < -0.3 is 4.98 Å². The van der Waals surface area contributed by atoms with Crippen LogP contribution in [0.1, 0.15) is 35.8 Å². The molecule has 0 aliphatic carbocycles. The zero-order valence-corrected chi connectivity index (χ0v) is 10.2. The second-order valence-electron chi connectivity index (χ2n) is 5.31. The van der Waals surface area contributed by atoms with Crippen LogP contribution in [-0.4, -0.2) is 28.0 Å². The number of hydrogen-bond acceptors (Lipinski definition) is 2. The number of aromatic nitrogens is 2. The second kappa shape index (κ2) is 3.33. The van der Waals surface area contributed by atoms with Crippen molar-refractivity contribution in [3.05, 3.63) is 29.1 Å². The molecular weight excluding hydrogens is 210 g/mol. The van der Waals surface area contributed by atoms with Crippen LogP contribution in [-0.2, 0) is 6.42 Å². The number of fused-ring (bicyclic) bond motifs is 5. The average Bonchev–Trinajstić information content (AvgIpc) is 2.90. The number of pyridine rings is 1. The van der Waals surface area contributed by atoms with Crippen molar-refractivity contribution in [2.45, 2.75) is 32.2 Å². The van der Waals surface area contributed by atoms with Crippen molar-refractivity contribution in [2.24, 2.45) is 0 Å². The zero-order valence-electron chi connectivity index (χ0n) is 10.2. The van der Waals surface area contributed by atoms with Crippen LogP contribution in [0, 0.1) is 6.92 Å². The molecule has 1 atom stereocenters. The van der Waals surface area contributed by atoms with E-state index in [2.05, 4.69) is 28.9 Å². The Labute approximate surface area is 101 Å². The standard InChI is InChI=1S/C14H17N3/c1-9-4-5-11-14(15-9)13-10(16-11)6-8-17-7-2-3-12(13)17/h4-5,12,16H,2-3,6-8H2,1H3. The fourth-order valence-corrected chi connectivity index (χ4v) is 3.47. The van der Waals surface area contributed by atoms with Gasteiger partial charge in [0.05, 0.1) is 11.0 Å². The lowest BCUT2D eigenvalue weighted by Gasteiger charge is -2.29. The third kappa shape index (κ3) is 1.29. The normalized spacial score (nSPS) is 23.9. The fraction of sp³-hybridized carbons (Fsp3) is 0.500. The first kappa shape index (κ1) is 9.66. The number of nitrogens with one attached hydrogen (secondary N) is 1. The lowest BCUT2D eigenvalue weighted by atomic mass is 9.98. The Bertz CT molecular complexity index is 584. The molecule has 17 heavy (non-hydrogen) atoms. The minimum absolute atomic E-state index is 0.627. The topological polar surface area (TPSA) is 31.9 Å². The molecule has 2 aliphatic rings. The van der Waals surface area contributed by atoms with Gasteiger partial charge in [-0.15, -0.1) is 0 Å². The van der Waals surface area contributed by atoms with Crippen LogP contribution < -0.4 is 0 Å². The molecule has 0 radical (unpaired) electrons. The molecule has 1 N–H and O–H groups in total. The van der Waals surface area contributed by atoms with Crippen LogP contribution in [0.2, 0.25) is 0 Å². The number of hydrogen-bond donors (Lipinski definition) is 1.